The molecule has 2 aromatic rings. The molecule has 3 amide bonds. The molecule has 0 unspecified atom stereocenters. The molecule has 3 N–H and O–H groups in total. The van der Waals surface area contributed by atoms with Crippen molar-refractivity contribution in [2.24, 2.45) is 0 Å². The van der Waals surface area contributed by atoms with Crippen molar-refractivity contribution < 1.29 is 23.9 Å². The molecule has 8 nitrogen and oxygen atoms in total. The molecule has 0 aromatic heterocycles. The lowest BCUT2D eigenvalue weighted by atomic mass is 10.1. The van der Waals surface area contributed by atoms with Crippen LogP contribution in [0.15, 0.2) is 35.9 Å². The molecule has 3 rings (SSSR count). The van der Waals surface area contributed by atoms with Gasteiger partial charge < -0.3 is 14.8 Å². The van der Waals surface area contributed by atoms with Gasteiger partial charge in [-0.25, -0.2) is 0 Å². The Bertz CT molecular complexity index is 1140. The Balaban J connectivity index is 1.77. The van der Waals surface area contributed by atoms with Gasteiger partial charge >= 0.3 is 0 Å². The number of carbonyl (C=O) groups is 3. The summed E-state index contributed by atoms with van der Waals surface area (Å²) in [7, 11) is 1.46. The lowest BCUT2D eigenvalue weighted by Crippen LogP contribution is -2.51. The summed E-state index contributed by atoms with van der Waals surface area (Å²) in [4.78, 5) is 36.5. The first-order chi connectivity index (χ1) is 15.2. The second kappa shape index (κ2) is 10.1. The van der Waals surface area contributed by atoms with E-state index in [1.54, 1.807) is 12.1 Å². The second-order valence-corrected chi connectivity index (χ2v) is 8.48. The van der Waals surface area contributed by atoms with E-state index in [0.29, 0.717) is 20.6 Å². The standard InChI is InChI=1S/C22H20IN3O5S/c1-11-5-4-6-16(12(11)2)24-18(27)10-31-19-15(23)8-13(9-17(19)30-3)7-14-20(28)25-22(32)26-21(14)29/h4-9H,10H2,1-3H3,(H,24,27)(H2,25,26,28,29,32). The van der Waals surface area contributed by atoms with Crippen molar-refractivity contribution in [2.45, 2.75) is 13.8 Å². The van der Waals surface area contributed by atoms with Crippen molar-refractivity contribution in [3.8, 4) is 11.5 Å². The van der Waals surface area contributed by atoms with Gasteiger partial charge in [0, 0.05) is 5.69 Å². The molecule has 1 heterocycles. The smallest absolute Gasteiger partial charge is 0.263 e. The summed E-state index contributed by atoms with van der Waals surface area (Å²) in [6, 6.07) is 9.00. The van der Waals surface area contributed by atoms with Crippen LogP contribution in [-0.4, -0.2) is 36.6 Å². The number of benzene rings is 2. The molecule has 0 aliphatic carbocycles. The Kier molecular flexibility index (Phi) is 7.46. The summed E-state index contributed by atoms with van der Waals surface area (Å²) < 4.78 is 11.8. The van der Waals surface area contributed by atoms with Gasteiger partial charge in [-0.15, -0.1) is 0 Å². The SMILES string of the molecule is COc1cc(C=C2C(=O)NC(=S)NC2=O)cc(I)c1OCC(=O)Nc1cccc(C)c1C. The molecule has 1 aliphatic heterocycles. The van der Waals surface area contributed by atoms with Gasteiger partial charge in [0.05, 0.1) is 10.7 Å². The molecule has 0 saturated carbocycles. The summed E-state index contributed by atoms with van der Waals surface area (Å²) in [6.07, 6.45) is 1.42. The summed E-state index contributed by atoms with van der Waals surface area (Å²) >= 11 is 6.83. The highest BCUT2D eigenvalue weighted by Gasteiger charge is 2.26. The maximum absolute atomic E-state index is 12.4. The number of amides is 3. The van der Waals surface area contributed by atoms with E-state index in [1.807, 2.05) is 54.6 Å². The fraction of sp³-hybridized carbons (Fsp3) is 0.182. The predicted octanol–water partition coefficient (Wildman–Crippen LogP) is 2.85. The first-order valence-corrected chi connectivity index (χ1v) is 10.9. The molecule has 10 heteroatoms. The van der Waals surface area contributed by atoms with Crippen molar-refractivity contribution in [3.63, 3.8) is 0 Å². The minimum atomic E-state index is -0.587. The third kappa shape index (κ3) is 5.43. The first kappa shape index (κ1) is 23.7. The van der Waals surface area contributed by atoms with Crippen LogP contribution in [0.2, 0.25) is 0 Å². The Morgan fingerprint density at radius 1 is 1.19 bits per heavy atom. The van der Waals surface area contributed by atoms with E-state index < -0.39 is 11.8 Å². The fourth-order valence-corrected chi connectivity index (χ4v) is 3.91. The van der Waals surface area contributed by atoms with E-state index in [9.17, 15) is 14.4 Å². The predicted molar refractivity (Wildman–Crippen MR) is 133 cm³/mol. The number of ether oxygens (including phenoxy) is 2. The summed E-state index contributed by atoms with van der Waals surface area (Å²) in [5.74, 6) is -0.748. The average Bonchev–Trinajstić information content (AvgIpc) is 2.72. The van der Waals surface area contributed by atoms with Crippen molar-refractivity contribution >= 4 is 69.4 Å². The van der Waals surface area contributed by atoms with Crippen LogP contribution in [0.4, 0.5) is 5.69 Å². The van der Waals surface area contributed by atoms with Crippen LogP contribution in [0, 0.1) is 17.4 Å². The molecule has 0 spiro atoms. The number of methoxy groups -OCH3 is 1. The van der Waals surface area contributed by atoms with Crippen molar-refractivity contribution in [1.29, 1.82) is 0 Å². The van der Waals surface area contributed by atoms with Crippen molar-refractivity contribution in [3.05, 3.63) is 56.2 Å². The molecular formula is C22H20IN3O5S. The minimum Gasteiger partial charge on any atom is -0.493 e. The fourth-order valence-electron chi connectivity index (χ4n) is 2.95. The summed E-state index contributed by atoms with van der Waals surface area (Å²) in [6.45, 7) is 3.69. The van der Waals surface area contributed by atoms with E-state index in [4.69, 9.17) is 21.7 Å². The molecule has 1 aliphatic rings. The van der Waals surface area contributed by atoms with Gasteiger partial charge in [-0.2, -0.15) is 0 Å². The number of carbonyl (C=O) groups excluding carboxylic acids is 3. The molecule has 0 bridgehead atoms. The molecule has 32 heavy (non-hydrogen) atoms. The van der Waals surface area contributed by atoms with Gasteiger partial charge in [-0.1, -0.05) is 12.1 Å². The number of thiocarbonyl (C=S) groups is 1. The molecular weight excluding hydrogens is 545 g/mol. The molecule has 0 atom stereocenters. The largest absolute Gasteiger partial charge is 0.493 e. The normalized spacial score (nSPS) is 13.2. The van der Waals surface area contributed by atoms with Crippen LogP contribution >= 0.6 is 34.8 Å². The van der Waals surface area contributed by atoms with E-state index >= 15 is 0 Å². The number of hydrogen-bond donors (Lipinski definition) is 3. The van der Waals surface area contributed by atoms with Gasteiger partial charge in [0.25, 0.3) is 17.7 Å². The van der Waals surface area contributed by atoms with Gasteiger partial charge in [0.1, 0.15) is 5.57 Å². The van der Waals surface area contributed by atoms with Crippen molar-refractivity contribution in [1.82, 2.24) is 10.6 Å². The highest BCUT2D eigenvalue weighted by molar-refractivity contribution is 14.1. The van der Waals surface area contributed by atoms with Crippen LogP contribution in [0.1, 0.15) is 16.7 Å². The van der Waals surface area contributed by atoms with Crippen LogP contribution in [0.3, 0.4) is 0 Å². The Morgan fingerprint density at radius 3 is 2.53 bits per heavy atom. The van der Waals surface area contributed by atoms with Gasteiger partial charge in [-0.3, -0.25) is 25.0 Å². The molecule has 2 aromatic carbocycles. The van der Waals surface area contributed by atoms with E-state index in [-0.39, 0.29) is 23.2 Å². The summed E-state index contributed by atoms with van der Waals surface area (Å²) in [5, 5.41) is 7.58. The summed E-state index contributed by atoms with van der Waals surface area (Å²) in [5.41, 5.74) is 3.25. The maximum atomic E-state index is 12.4. The number of anilines is 1. The lowest BCUT2D eigenvalue weighted by molar-refractivity contribution is -0.123. The molecule has 1 fully saturated rings. The third-order valence-corrected chi connectivity index (χ3v) is 5.74. The van der Waals surface area contributed by atoms with Gasteiger partial charge in [0.2, 0.25) is 0 Å². The Hall–Kier alpha value is -2.99. The van der Waals surface area contributed by atoms with Crippen molar-refractivity contribution in [2.75, 3.05) is 19.0 Å². The highest BCUT2D eigenvalue weighted by Crippen LogP contribution is 2.34. The Labute approximate surface area is 203 Å². The third-order valence-electron chi connectivity index (χ3n) is 4.73. The number of hydrogen-bond acceptors (Lipinski definition) is 6. The van der Waals surface area contributed by atoms with Gasteiger partial charge in [0.15, 0.2) is 23.2 Å². The van der Waals surface area contributed by atoms with Crippen LogP contribution in [0.5, 0.6) is 11.5 Å². The van der Waals surface area contributed by atoms with E-state index in [1.165, 1.54) is 13.2 Å². The number of aryl methyl sites for hydroxylation is 1. The molecule has 1 saturated heterocycles. The number of nitrogens with one attached hydrogen (secondary N) is 3. The van der Waals surface area contributed by atoms with E-state index in [0.717, 1.165) is 16.8 Å². The quantitative estimate of drug-likeness (QED) is 0.216. The zero-order valence-electron chi connectivity index (χ0n) is 17.5. The molecule has 0 radical (unpaired) electrons. The number of halogens is 1. The zero-order chi connectivity index (χ0) is 23.4. The maximum Gasteiger partial charge on any atom is 0.263 e. The van der Waals surface area contributed by atoms with Gasteiger partial charge in [-0.05, 0) is 89.6 Å². The topological polar surface area (TPSA) is 106 Å². The highest BCUT2D eigenvalue weighted by atomic mass is 127. The van der Waals surface area contributed by atoms with Crippen LogP contribution < -0.4 is 25.4 Å². The lowest BCUT2D eigenvalue weighted by Gasteiger charge is -2.17. The van der Waals surface area contributed by atoms with E-state index in [2.05, 4.69) is 16.0 Å². The van der Waals surface area contributed by atoms with Crippen LogP contribution in [-0.2, 0) is 14.4 Å². The monoisotopic (exact) mass is 565 g/mol. The number of rotatable bonds is 6. The Morgan fingerprint density at radius 2 is 1.88 bits per heavy atom. The molecule has 166 valence electrons. The zero-order valence-corrected chi connectivity index (χ0v) is 20.5. The average molecular weight is 565 g/mol. The second-order valence-electron chi connectivity index (χ2n) is 6.91. The minimum absolute atomic E-state index is 0.0350. The first-order valence-electron chi connectivity index (χ1n) is 9.44. The van der Waals surface area contributed by atoms with Crippen LogP contribution in [0.25, 0.3) is 6.08 Å².